The van der Waals surface area contributed by atoms with Gasteiger partial charge in [-0.1, -0.05) is 6.07 Å². The lowest BCUT2D eigenvalue weighted by molar-refractivity contribution is 0.0901. The standard InChI is InChI=1S/C17H13F2NO3S/c18-11-4-3-10(8-12(11)19)17(22)20-9-13(21)14-5-6-15(23-14)16-2-1-7-24-16/h1-8,13,21H,9H2,(H,20,22). The number of rotatable bonds is 5. The third-order valence-electron chi connectivity index (χ3n) is 3.36. The molecule has 1 amide bonds. The number of thiophene rings is 1. The normalized spacial score (nSPS) is 12.1. The van der Waals surface area contributed by atoms with E-state index in [0.29, 0.717) is 11.5 Å². The number of carbonyl (C=O) groups excluding carboxylic acids is 1. The van der Waals surface area contributed by atoms with Crippen LogP contribution in [0.4, 0.5) is 8.78 Å². The summed E-state index contributed by atoms with van der Waals surface area (Å²) in [5, 5.41) is 14.5. The van der Waals surface area contributed by atoms with Crippen molar-refractivity contribution in [1.82, 2.24) is 5.32 Å². The minimum Gasteiger partial charge on any atom is -0.457 e. The van der Waals surface area contributed by atoms with Crippen molar-refractivity contribution in [2.75, 3.05) is 6.54 Å². The summed E-state index contributed by atoms with van der Waals surface area (Å²) in [6.07, 6.45) is -1.05. The van der Waals surface area contributed by atoms with E-state index in [2.05, 4.69) is 5.32 Å². The summed E-state index contributed by atoms with van der Waals surface area (Å²) in [6.45, 7) is -0.116. The Hall–Kier alpha value is -2.51. The fourth-order valence-electron chi connectivity index (χ4n) is 2.11. The Morgan fingerprint density at radius 3 is 2.75 bits per heavy atom. The number of nitrogens with one attached hydrogen (secondary N) is 1. The highest BCUT2D eigenvalue weighted by atomic mass is 32.1. The van der Waals surface area contributed by atoms with Crippen LogP contribution in [0.5, 0.6) is 0 Å². The van der Waals surface area contributed by atoms with E-state index in [1.165, 1.54) is 17.4 Å². The van der Waals surface area contributed by atoms with E-state index in [9.17, 15) is 18.7 Å². The van der Waals surface area contributed by atoms with Crippen LogP contribution in [0.25, 0.3) is 10.6 Å². The second-order valence-corrected chi connectivity index (χ2v) is 5.98. The highest BCUT2D eigenvalue weighted by molar-refractivity contribution is 7.13. The number of hydrogen-bond acceptors (Lipinski definition) is 4. The van der Waals surface area contributed by atoms with E-state index in [0.717, 1.165) is 17.0 Å². The molecular formula is C17H13F2NO3S. The van der Waals surface area contributed by atoms with Gasteiger partial charge in [0.25, 0.3) is 5.91 Å². The Bertz CT molecular complexity index is 845. The Labute approximate surface area is 140 Å². The maximum atomic E-state index is 13.1. The lowest BCUT2D eigenvalue weighted by atomic mass is 10.2. The van der Waals surface area contributed by atoms with Crippen LogP contribution in [0.1, 0.15) is 22.2 Å². The zero-order chi connectivity index (χ0) is 17.1. The van der Waals surface area contributed by atoms with Gasteiger partial charge in [-0.15, -0.1) is 11.3 Å². The minimum atomic E-state index is -1.10. The molecule has 0 saturated carbocycles. The van der Waals surface area contributed by atoms with Gasteiger partial charge in [0.2, 0.25) is 0 Å². The highest BCUT2D eigenvalue weighted by Gasteiger charge is 2.16. The summed E-state index contributed by atoms with van der Waals surface area (Å²) in [6, 6.07) is 10.00. The number of hydrogen-bond donors (Lipinski definition) is 2. The molecule has 3 rings (SSSR count). The van der Waals surface area contributed by atoms with Gasteiger partial charge in [0.1, 0.15) is 17.6 Å². The van der Waals surface area contributed by atoms with E-state index in [1.54, 1.807) is 12.1 Å². The van der Waals surface area contributed by atoms with Gasteiger partial charge in [-0.05, 0) is 41.8 Å². The van der Waals surface area contributed by atoms with Gasteiger partial charge >= 0.3 is 0 Å². The summed E-state index contributed by atoms with van der Waals surface area (Å²) < 4.78 is 31.5. The average molecular weight is 349 g/mol. The summed E-state index contributed by atoms with van der Waals surface area (Å²) in [7, 11) is 0. The number of aliphatic hydroxyl groups excluding tert-OH is 1. The van der Waals surface area contributed by atoms with Crippen LogP contribution in [-0.2, 0) is 0 Å². The summed E-state index contributed by atoms with van der Waals surface area (Å²) >= 11 is 1.51. The largest absolute Gasteiger partial charge is 0.457 e. The van der Waals surface area contributed by atoms with Gasteiger partial charge in [0.15, 0.2) is 11.6 Å². The van der Waals surface area contributed by atoms with E-state index in [4.69, 9.17) is 4.42 Å². The molecule has 0 spiro atoms. The average Bonchev–Trinajstić information content (AvgIpc) is 3.25. The molecule has 0 saturated heterocycles. The highest BCUT2D eigenvalue weighted by Crippen LogP contribution is 2.28. The molecule has 0 aliphatic heterocycles. The number of furan rings is 1. The Morgan fingerprint density at radius 1 is 1.21 bits per heavy atom. The fraction of sp³-hybridized carbons (Fsp3) is 0.118. The van der Waals surface area contributed by atoms with E-state index in [1.807, 2.05) is 17.5 Å². The van der Waals surface area contributed by atoms with Gasteiger partial charge < -0.3 is 14.8 Å². The van der Waals surface area contributed by atoms with Crippen LogP contribution in [-0.4, -0.2) is 17.6 Å². The van der Waals surface area contributed by atoms with E-state index in [-0.39, 0.29) is 12.1 Å². The predicted molar refractivity (Wildman–Crippen MR) is 85.7 cm³/mol. The molecule has 2 heterocycles. The van der Waals surface area contributed by atoms with Crippen LogP contribution >= 0.6 is 11.3 Å². The molecule has 1 atom stereocenters. The first-order valence-electron chi connectivity index (χ1n) is 7.09. The first-order chi connectivity index (χ1) is 11.5. The third-order valence-corrected chi connectivity index (χ3v) is 4.24. The first-order valence-corrected chi connectivity index (χ1v) is 7.97. The van der Waals surface area contributed by atoms with Gasteiger partial charge in [0.05, 0.1) is 11.4 Å². The maximum Gasteiger partial charge on any atom is 0.251 e. The van der Waals surface area contributed by atoms with Gasteiger partial charge in [-0.25, -0.2) is 8.78 Å². The van der Waals surface area contributed by atoms with Crippen molar-refractivity contribution >= 4 is 17.2 Å². The zero-order valence-electron chi connectivity index (χ0n) is 12.3. The summed E-state index contributed by atoms with van der Waals surface area (Å²) in [5.41, 5.74) is -0.0279. The molecule has 2 aromatic heterocycles. The lowest BCUT2D eigenvalue weighted by Crippen LogP contribution is -2.28. The monoisotopic (exact) mass is 349 g/mol. The Balaban J connectivity index is 1.62. The SMILES string of the molecule is O=C(NCC(O)c1ccc(-c2cccs2)o1)c1ccc(F)c(F)c1. The number of aliphatic hydroxyl groups is 1. The van der Waals surface area contributed by atoms with Crippen molar-refractivity contribution in [3.8, 4) is 10.6 Å². The minimum absolute atomic E-state index is 0.0279. The molecule has 0 bridgehead atoms. The smallest absolute Gasteiger partial charge is 0.251 e. The van der Waals surface area contributed by atoms with E-state index >= 15 is 0 Å². The van der Waals surface area contributed by atoms with Crippen LogP contribution in [0.2, 0.25) is 0 Å². The summed E-state index contributed by atoms with van der Waals surface area (Å²) in [5.74, 6) is -1.80. The predicted octanol–water partition coefficient (Wildman–Crippen LogP) is 3.75. The van der Waals surface area contributed by atoms with Crippen molar-refractivity contribution in [2.24, 2.45) is 0 Å². The van der Waals surface area contributed by atoms with Crippen molar-refractivity contribution in [2.45, 2.75) is 6.10 Å². The molecule has 0 aliphatic rings. The lowest BCUT2D eigenvalue weighted by Gasteiger charge is -2.10. The van der Waals surface area contributed by atoms with Crippen LogP contribution in [0.3, 0.4) is 0 Å². The topological polar surface area (TPSA) is 62.5 Å². The van der Waals surface area contributed by atoms with Crippen LogP contribution in [0, 0.1) is 11.6 Å². The van der Waals surface area contributed by atoms with Crippen LogP contribution < -0.4 is 5.32 Å². The number of halogens is 2. The molecule has 0 aliphatic carbocycles. The maximum absolute atomic E-state index is 13.1. The Kier molecular flexibility index (Phi) is 4.73. The quantitative estimate of drug-likeness (QED) is 0.737. The van der Waals surface area contributed by atoms with Gasteiger partial charge in [-0.3, -0.25) is 4.79 Å². The zero-order valence-corrected chi connectivity index (χ0v) is 13.1. The van der Waals surface area contributed by atoms with Gasteiger partial charge in [0, 0.05) is 5.56 Å². The van der Waals surface area contributed by atoms with Crippen LogP contribution in [0.15, 0.2) is 52.3 Å². The number of benzene rings is 1. The van der Waals surface area contributed by atoms with E-state index < -0.39 is 23.6 Å². The van der Waals surface area contributed by atoms with Crippen molar-refractivity contribution in [3.05, 3.63) is 70.8 Å². The van der Waals surface area contributed by atoms with Crippen molar-refractivity contribution < 1.29 is 23.1 Å². The Morgan fingerprint density at radius 2 is 2.04 bits per heavy atom. The first kappa shape index (κ1) is 16.4. The second kappa shape index (κ2) is 6.94. The van der Waals surface area contributed by atoms with Gasteiger partial charge in [-0.2, -0.15) is 0 Å². The molecule has 0 radical (unpaired) electrons. The summed E-state index contributed by atoms with van der Waals surface area (Å²) in [4.78, 5) is 12.8. The number of carbonyl (C=O) groups is 1. The molecule has 1 aromatic carbocycles. The molecule has 3 aromatic rings. The number of amides is 1. The second-order valence-electron chi connectivity index (χ2n) is 5.03. The molecule has 2 N–H and O–H groups in total. The third kappa shape index (κ3) is 3.52. The molecule has 7 heteroatoms. The molecule has 24 heavy (non-hydrogen) atoms. The fourth-order valence-corrected chi connectivity index (χ4v) is 2.80. The molecule has 4 nitrogen and oxygen atoms in total. The van der Waals surface area contributed by atoms with Crippen molar-refractivity contribution in [3.63, 3.8) is 0 Å². The molecule has 0 fully saturated rings. The molecular weight excluding hydrogens is 336 g/mol. The molecule has 124 valence electrons. The van der Waals surface area contributed by atoms with Crippen molar-refractivity contribution in [1.29, 1.82) is 0 Å². The molecule has 1 unspecified atom stereocenters.